The SMILES string of the molecule is Cl.N=C(N)NNC(=N)Nc1ccc2cn[nH]c2c1. The molecule has 0 aliphatic rings. The molecule has 0 amide bonds. The number of nitrogens with one attached hydrogen (secondary N) is 6. The summed E-state index contributed by atoms with van der Waals surface area (Å²) in [5.41, 5.74) is 11.4. The lowest BCUT2D eigenvalue weighted by Crippen LogP contribution is -2.47. The Labute approximate surface area is 109 Å². The first kappa shape index (κ1) is 13.6. The van der Waals surface area contributed by atoms with E-state index < -0.39 is 0 Å². The van der Waals surface area contributed by atoms with E-state index in [4.69, 9.17) is 16.6 Å². The molecular weight excluding hydrogens is 256 g/mol. The van der Waals surface area contributed by atoms with Gasteiger partial charge in [-0.25, -0.2) is 0 Å². The number of hydrogen-bond acceptors (Lipinski definition) is 3. The second-order valence-electron chi connectivity index (χ2n) is 3.34. The fourth-order valence-electron chi connectivity index (χ4n) is 1.32. The number of fused-ring (bicyclic) bond motifs is 1. The zero-order valence-corrected chi connectivity index (χ0v) is 10.1. The van der Waals surface area contributed by atoms with Crippen LogP contribution in [0.15, 0.2) is 24.4 Å². The van der Waals surface area contributed by atoms with Crippen LogP contribution in [0.1, 0.15) is 0 Å². The molecule has 0 aliphatic carbocycles. The van der Waals surface area contributed by atoms with Crippen LogP contribution in [0.25, 0.3) is 10.9 Å². The van der Waals surface area contributed by atoms with Gasteiger partial charge < -0.3 is 11.1 Å². The minimum atomic E-state index is -0.263. The number of guanidine groups is 2. The molecule has 1 aromatic heterocycles. The molecule has 1 aromatic carbocycles. The molecule has 2 rings (SSSR count). The van der Waals surface area contributed by atoms with Crippen LogP contribution >= 0.6 is 12.4 Å². The largest absolute Gasteiger partial charge is 0.369 e. The van der Waals surface area contributed by atoms with E-state index in [2.05, 4.69) is 26.4 Å². The van der Waals surface area contributed by atoms with E-state index in [1.54, 1.807) is 6.20 Å². The van der Waals surface area contributed by atoms with Gasteiger partial charge >= 0.3 is 0 Å². The first-order valence-corrected chi connectivity index (χ1v) is 4.80. The van der Waals surface area contributed by atoms with Crippen molar-refractivity contribution >= 4 is 40.9 Å². The summed E-state index contributed by atoms with van der Waals surface area (Å²) in [7, 11) is 0. The number of rotatable bonds is 1. The van der Waals surface area contributed by atoms with Crippen LogP contribution in [0.5, 0.6) is 0 Å². The van der Waals surface area contributed by atoms with Gasteiger partial charge in [0.25, 0.3) is 0 Å². The van der Waals surface area contributed by atoms with Gasteiger partial charge in [-0.05, 0) is 18.2 Å². The van der Waals surface area contributed by atoms with Gasteiger partial charge in [-0.3, -0.25) is 26.8 Å². The molecule has 8 nitrogen and oxygen atoms in total. The number of nitrogens with two attached hydrogens (primary N) is 1. The average Bonchev–Trinajstić information content (AvgIpc) is 2.73. The predicted octanol–water partition coefficient (Wildman–Crippen LogP) is 0.319. The number of halogens is 1. The van der Waals surface area contributed by atoms with E-state index in [1.165, 1.54) is 0 Å². The third-order valence-electron chi connectivity index (χ3n) is 2.03. The quantitative estimate of drug-likeness (QED) is 0.227. The second-order valence-corrected chi connectivity index (χ2v) is 3.34. The standard InChI is InChI=1S/C9H12N8.ClH/c10-8(11)16-17-9(12)14-6-2-1-5-4-13-15-7(5)3-6;/h1-4H,(H,13,15)(H4,10,11,16)(H3,12,14,17);1H. The van der Waals surface area contributed by atoms with Gasteiger partial charge in [0, 0.05) is 11.1 Å². The lowest BCUT2D eigenvalue weighted by Gasteiger charge is -2.10. The molecule has 0 fully saturated rings. The molecule has 8 N–H and O–H groups in total. The number of hydrogen-bond donors (Lipinski definition) is 7. The van der Waals surface area contributed by atoms with E-state index in [9.17, 15) is 0 Å². The molecule has 0 spiro atoms. The maximum Gasteiger partial charge on any atom is 0.212 e. The number of H-pyrrole nitrogens is 1. The van der Waals surface area contributed by atoms with Gasteiger partial charge in [0.2, 0.25) is 11.9 Å². The van der Waals surface area contributed by atoms with E-state index in [0.29, 0.717) is 0 Å². The second kappa shape index (κ2) is 5.73. The lowest BCUT2D eigenvalue weighted by molar-refractivity contribution is 0.839. The van der Waals surface area contributed by atoms with Crippen LogP contribution in [0.3, 0.4) is 0 Å². The van der Waals surface area contributed by atoms with Gasteiger partial charge in [0.1, 0.15) is 0 Å². The number of anilines is 1. The van der Waals surface area contributed by atoms with Gasteiger partial charge in [-0.1, -0.05) is 0 Å². The third kappa shape index (κ3) is 3.25. The Bertz CT molecular complexity index is 562. The lowest BCUT2D eigenvalue weighted by atomic mass is 10.2. The number of aromatic amines is 1. The van der Waals surface area contributed by atoms with Gasteiger partial charge in [-0.15, -0.1) is 12.4 Å². The molecule has 1 heterocycles. The van der Waals surface area contributed by atoms with Crippen LogP contribution in [0.4, 0.5) is 5.69 Å². The molecule has 0 bridgehead atoms. The van der Waals surface area contributed by atoms with E-state index in [0.717, 1.165) is 16.6 Å². The van der Waals surface area contributed by atoms with Crippen molar-refractivity contribution in [1.82, 2.24) is 21.0 Å². The molecule has 0 saturated carbocycles. The number of nitrogens with zero attached hydrogens (tertiary/aromatic N) is 1. The minimum Gasteiger partial charge on any atom is -0.369 e. The summed E-state index contributed by atoms with van der Waals surface area (Å²) < 4.78 is 0. The highest BCUT2D eigenvalue weighted by Crippen LogP contribution is 2.15. The molecular formula is C9H13ClN8. The highest BCUT2D eigenvalue weighted by Gasteiger charge is 2.00. The highest BCUT2D eigenvalue weighted by molar-refractivity contribution is 5.94. The maximum atomic E-state index is 7.53. The monoisotopic (exact) mass is 268 g/mol. The number of benzene rings is 1. The minimum absolute atomic E-state index is 0. The zero-order chi connectivity index (χ0) is 12.3. The summed E-state index contributed by atoms with van der Waals surface area (Å²) in [6.07, 6.45) is 1.72. The van der Waals surface area contributed by atoms with Crippen LogP contribution in [-0.4, -0.2) is 22.1 Å². The number of hydrazine groups is 1. The summed E-state index contributed by atoms with van der Waals surface area (Å²) in [6, 6.07) is 5.53. The van der Waals surface area contributed by atoms with Crippen molar-refractivity contribution in [3.8, 4) is 0 Å². The zero-order valence-electron chi connectivity index (χ0n) is 9.24. The third-order valence-corrected chi connectivity index (χ3v) is 2.03. The normalized spacial score (nSPS) is 9.33. The van der Waals surface area contributed by atoms with Crippen molar-refractivity contribution in [3.05, 3.63) is 24.4 Å². The Morgan fingerprint density at radius 1 is 1.28 bits per heavy atom. The Balaban J connectivity index is 0.00000162. The molecule has 0 atom stereocenters. The van der Waals surface area contributed by atoms with Crippen LogP contribution in [-0.2, 0) is 0 Å². The van der Waals surface area contributed by atoms with Crippen molar-refractivity contribution in [2.24, 2.45) is 5.73 Å². The van der Waals surface area contributed by atoms with Crippen LogP contribution in [0, 0.1) is 10.8 Å². The Morgan fingerprint density at radius 3 is 2.78 bits per heavy atom. The van der Waals surface area contributed by atoms with E-state index in [-0.39, 0.29) is 24.3 Å². The summed E-state index contributed by atoms with van der Waals surface area (Å²) in [6.45, 7) is 0. The van der Waals surface area contributed by atoms with Crippen molar-refractivity contribution in [3.63, 3.8) is 0 Å². The molecule has 0 unspecified atom stereocenters. The smallest absolute Gasteiger partial charge is 0.212 e. The van der Waals surface area contributed by atoms with Crippen molar-refractivity contribution in [2.75, 3.05) is 5.32 Å². The van der Waals surface area contributed by atoms with E-state index >= 15 is 0 Å². The van der Waals surface area contributed by atoms with Gasteiger partial charge in [0.15, 0.2) is 0 Å². The summed E-state index contributed by atoms with van der Waals surface area (Å²) in [4.78, 5) is 0. The summed E-state index contributed by atoms with van der Waals surface area (Å²) in [5, 5.41) is 25.0. The maximum absolute atomic E-state index is 7.53. The van der Waals surface area contributed by atoms with Crippen molar-refractivity contribution < 1.29 is 0 Å². The Kier molecular flexibility index (Phi) is 4.33. The van der Waals surface area contributed by atoms with Crippen molar-refractivity contribution in [1.29, 1.82) is 10.8 Å². The van der Waals surface area contributed by atoms with Crippen molar-refractivity contribution in [2.45, 2.75) is 0 Å². The number of aromatic nitrogens is 2. The molecule has 9 heteroatoms. The van der Waals surface area contributed by atoms with Gasteiger partial charge in [0.05, 0.1) is 11.7 Å². The topological polar surface area (TPSA) is 138 Å². The first-order valence-electron chi connectivity index (χ1n) is 4.80. The molecule has 0 aliphatic heterocycles. The first-order chi connectivity index (χ1) is 8.15. The fourth-order valence-corrected chi connectivity index (χ4v) is 1.32. The highest BCUT2D eigenvalue weighted by atomic mass is 35.5. The van der Waals surface area contributed by atoms with E-state index in [1.807, 2.05) is 18.2 Å². The molecule has 96 valence electrons. The molecule has 18 heavy (non-hydrogen) atoms. The molecule has 0 saturated heterocycles. The molecule has 0 radical (unpaired) electrons. The Hall–Kier alpha value is -2.48. The average molecular weight is 269 g/mol. The molecule has 2 aromatic rings. The Morgan fingerprint density at radius 2 is 2.06 bits per heavy atom. The van der Waals surface area contributed by atoms with Crippen LogP contribution in [0.2, 0.25) is 0 Å². The van der Waals surface area contributed by atoms with Crippen LogP contribution < -0.4 is 21.9 Å². The van der Waals surface area contributed by atoms with Gasteiger partial charge in [-0.2, -0.15) is 5.10 Å². The fraction of sp³-hybridized carbons (Fsp3) is 0. The summed E-state index contributed by atoms with van der Waals surface area (Å²) in [5.74, 6) is -0.278. The predicted molar refractivity (Wildman–Crippen MR) is 72.9 cm³/mol. The summed E-state index contributed by atoms with van der Waals surface area (Å²) >= 11 is 0.